The molecular formula is C23H29N3O3. The fraction of sp³-hybridized carbons (Fsp3) is 0.391. The fourth-order valence-electron chi connectivity index (χ4n) is 3.63. The molecule has 0 bridgehead atoms. The van der Waals surface area contributed by atoms with Crippen LogP contribution in [0.4, 0.5) is 11.4 Å². The molecule has 154 valence electrons. The van der Waals surface area contributed by atoms with E-state index in [0.717, 1.165) is 37.2 Å². The highest BCUT2D eigenvalue weighted by Gasteiger charge is 2.21. The number of hydrogen-bond acceptors (Lipinski definition) is 4. The van der Waals surface area contributed by atoms with Crippen molar-refractivity contribution < 1.29 is 14.3 Å². The van der Waals surface area contributed by atoms with Gasteiger partial charge in [0, 0.05) is 31.6 Å². The largest absolute Gasteiger partial charge is 0.375 e. The van der Waals surface area contributed by atoms with Crippen molar-refractivity contribution in [1.82, 2.24) is 5.32 Å². The van der Waals surface area contributed by atoms with Gasteiger partial charge < -0.3 is 20.3 Å². The molecule has 2 N–H and O–H groups in total. The van der Waals surface area contributed by atoms with Crippen LogP contribution in [0.2, 0.25) is 0 Å². The lowest BCUT2D eigenvalue weighted by atomic mass is 10.0. The van der Waals surface area contributed by atoms with Gasteiger partial charge in [-0.05, 0) is 49.9 Å². The maximum absolute atomic E-state index is 13.2. The van der Waals surface area contributed by atoms with Crippen LogP contribution in [-0.2, 0) is 9.53 Å². The van der Waals surface area contributed by atoms with Gasteiger partial charge >= 0.3 is 0 Å². The number of rotatable bonds is 7. The second-order valence-corrected chi connectivity index (χ2v) is 7.37. The monoisotopic (exact) mass is 395 g/mol. The predicted octanol–water partition coefficient (Wildman–Crippen LogP) is 3.75. The summed E-state index contributed by atoms with van der Waals surface area (Å²) in [5.74, 6) is -0.396. The summed E-state index contributed by atoms with van der Waals surface area (Å²) < 4.78 is 4.87. The van der Waals surface area contributed by atoms with E-state index in [1.165, 1.54) is 13.5 Å². The van der Waals surface area contributed by atoms with E-state index in [1.807, 2.05) is 49.4 Å². The highest BCUT2D eigenvalue weighted by Crippen LogP contribution is 2.28. The lowest BCUT2D eigenvalue weighted by molar-refractivity contribution is -0.119. The Bertz CT molecular complexity index is 833. The molecule has 0 aromatic heterocycles. The van der Waals surface area contributed by atoms with Crippen molar-refractivity contribution in [2.45, 2.75) is 32.2 Å². The molecule has 0 saturated carbocycles. The van der Waals surface area contributed by atoms with E-state index in [1.54, 1.807) is 6.07 Å². The van der Waals surface area contributed by atoms with Crippen LogP contribution in [0.25, 0.3) is 0 Å². The maximum atomic E-state index is 13.2. The molecule has 1 heterocycles. The van der Waals surface area contributed by atoms with E-state index < -0.39 is 0 Å². The molecule has 0 radical (unpaired) electrons. The molecule has 1 saturated heterocycles. The fourth-order valence-corrected chi connectivity index (χ4v) is 3.63. The molecule has 2 amide bonds. The van der Waals surface area contributed by atoms with Gasteiger partial charge in [-0.1, -0.05) is 30.3 Å². The van der Waals surface area contributed by atoms with Crippen LogP contribution < -0.4 is 15.5 Å². The lowest BCUT2D eigenvalue weighted by Crippen LogP contribution is -2.33. The Morgan fingerprint density at radius 2 is 1.79 bits per heavy atom. The Morgan fingerprint density at radius 1 is 1.07 bits per heavy atom. The van der Waals surface area contributed by atoms with Gasteiger partial charge in [0.2, 0.25) is 5.91 Å². The summed E-state index contributed by atoms with van der Waals surface area (Å²) in [6.45, 7) is 3.81. The zero-order chi connectivity index (χ0) is 20.6. The topological polar surface area (TPSA) is 70.7 Å². The van der Waals surface area contributed by atoms with Crippen LogP contribution >= 0.6 is 0 Å². The van der Waals surface area contributed by atoms with Gasteiger partial charge in [0.25, 0.3) is 5.91 Å². The molecule has 0 spiro atoms. The first-order valence-corrected chi connectivity index (χ1v) is 10.1. The molecule has 1 atom stereocenters. The van der Waals surface area contributed by atoms with Gasteiger partial charge in [0.1, 0.15) is 6.61 Å². The first-order valence-electron chi connectivity index (χ1n) is 10.1. The van der Waals surface area contributed by atoms with Crippen molar-refractivity contribution in [2.75, 3.05) is 37.0 Å². The summed E-state index contributed by atoms with van der Waals surface area (Å²) >= 11 is 0. The van der Waals surface area contributed by atoms with Gasteiger partial charge in [-0.25, -0.2) is 0 Å². The second kappa shape index (κ2) is 10.1. The number of amides is 2. The van der Waals surface area contributed by atoms with Crippen molar-refractivity contribution in [1.29, 1.82) is 0 Å². The minimum atomic E-state index is -0.248. The second-order valence-electron chi connectivity index (χ2n) is 7.37. The molecule has 6 nitrogen and oxygen atoms in total. The van der Waals surface area contributed by atoms with E-state index in [-0.39, 0.29) is 24.5 Å². The van der Waals surface area contributed by atoms with E-state index in [4.69, 9.17) is 4.74 Å². The molecule has 1 aliphatic rings. The van der Waals surface area contributed by atoms with E-state index in [9.17, 15) is 9.59 Å². The first kappa shape index (κ1) is 20.9. The smallest absolute Gasteiger partial charge is 0.253 e. The van der Waals surface area contributed by atoms with Gasteiger partial charge in [0.15, 0.2) is 0 Å². The number of methoxy groups -OCH3 is 1. The average molecular weight is 396 g/mol. The number of carbonyl (C=O) groups is 2. The van der Waals surface area contributed by atoms with Crippen LogP contribution in [0.1, 0.15) is 48.1 Å². The summed E-state index contributed by atoms with van der Waals surface area (Å²) in [6.07, 6.45) is 3.45. The molecular weight excluding hydrogens is 366 g/mol. The zero-order valence-electron chi connectivity index (χ0n) is 17.1. The number of carbonyl (C=O) groups excluding carboxylic acids is 2. The third-order valence-electron chi connectivity index (χ3n) is 5.14. The minimum Gasteiger partial charge on any atom is -0.375 e. The van der Waals surface area contributed by atoms with Crippen molar-refractivity contribution >= 4 is 23.2 Å². The summed E-state index contributed by atoms with van der Waals surface area (Å²) in [7, 11) is 1.48. The van der Waals surface area contributed by atoms with Crippen LogP contribution in [0.15, 0.2) is 48.5 Å². The molecule has 1 aliphatic heterocycles. The molecule has 29 heavy (non-hydrogen) atoms. The molecule has 1 fully saturated rings. The van der Waals surface area contributed by atoms with Crippen LogP contribution in [-0.4, -0.2) is 38.6 Å². The standard InChI is InChI=1S/C23H29N3O3/c1-17(18-9-5-3-6-10-18)24-23(28)20-15-19(25-22(27)16-29-2)11-12-21(20)26-13-7-4-8-14-26/h3,5-6,9-12,15,17H,4,7-8,13-14,16H2,1-2H3,(H,24,28)(H,25,27). The number of piperidine rings is 1. The average Bonchev–Trinajstić information content (AvgIpc) is 2.75. The van der Waals surface area contributed by atoms with Crippen molar-refractivity contribution in [2.24, 2.45) is 0 Å². The molecule has 3 rings (SSSR count). The lowest BCUT2D eigenvalue weighted by Gasteiger charge is -2.31. The number of ether oxygens (including phenoxy) is 1. The maximum Gasteiger partial charge on any atom is 0.253 e. The van der Waals surface area contributed by atoms with Crippen molar-refractivity contribution in [3.05, 3.63) is 59.7 Å². The van der Waals surface area contributed by atoms with Gasteiger partial charge in [-0.3, -0.25) is 9.59 Å². The summed E-state index contributed by atoms with van der Waals surface area (Å²) in [4.78, 5) is 27.3. The third kappa shape index (κ3) is 5.57. The molecule has 2 aromatic rings. The number of hydrogen-bond donors (Lipinski definition) is 2. The van der Waals surface area contributed by atoms with Crippen LogP contribution in [0.3, 0.4) is 0 Å². The Kier molecular flexibility index (Phi) is 7.25. The Balaban J connectivity index is 1.85. The number of anilines is 2. The van der Waals surface area contributed by atoms with Crippen molar-refractivity contribution in [3.63, 3.8) is 0 Å². The van der Waals surface area contributed by atoms with Crippen LogP contribution in [0, 0.1) is 0 Å². The van der Waals surface area contributed by atoms with Crippen molar-refractivity contribution in [3.8, 4) is 0 Å². The first-order chi connectivity index (χ1) is 14.1. The molecule has 1 unspecified atom stereocenters. The summed E-state index contributed by atoms with van der Waals surface area (Å²) in [6, 6.07) is 15.3. The quantitative estimate of drug-likeness (QED) is 0.749. The third-order valence-corrected chi connectivity index (χ3v) is 5.14. The van der Waals surface area contributed by atoms with Gasteiger partial charge in [-0.15, -0.1) is 0 Å². The van der Waals surface area contributed by atoms with E-state index in [0.29, 0.717) is 11.3 Å². The Morgan fingerprint density at radius 3 is 2.48 bits per heavy atom. The number of nitrogens with zero attached hydrogens (tertiary/aromatic N) is 1. The highest BCUT2D eigenvalue weighted by atomic mass is 16.5. The Hall–Kier alpha value is -2.86. The normalized spacial score (nSPS) is 14.9. The zero-order valence-corrected chi connectivity index (χ0v) is 17.1. The summed E-state index contributed by atoms with van der Waals surface area (Å²) in [5, 5.41) is 5.89. The van der Waals surface area contributed by atoms with E-state index >= 15 is 0 Å². The number of benzene rings is 2. The SMILES string of the molecule is COCC(=O)Nc1ccc(N2CCCCC2)c(C(=O)NC(C)c2ccccc2)c1. The van der Waals surface area contributed by atoms with E-state index in [2.05, 4.69) is 15.5 Å². The van der Waals surface area contributed by atoms with Gasteiger partial charge in [0.05, 0.1) is 11.6 Å². The Labute approximate surface area is 172 Å². The van der Waals surface area contributed by atoms with Crippen LogP contribution in [0.5, 0.6) is 0 Å². The molecule has 6 heteroatoms. The molecule has 0 aliphatic carbocycles. The van der Waals surface area contributed by atoms with Gasteiger partial charge in [-0.2, -0.15) is 0 Å². The highest BCUT2D eigenvalue weighted by molar-refractivity contribution is 6.02. The predicted molar refractivity (Wildman–Crippen MR) is 115 cm³/mol. The molecule has 2 aromatic carbocycles. The number of nitrogens with one attached hydrogen (secondary N) is 2. The minimum absolute atomic E-state index is 0.0273. The summed E-state index contributed by atoms with van der Waals surface area (Å²) in [5.41, 5.74) is 3.12.